The minimum Gasteiger partial charge on any atom is -0.347 e. The molecule has 0 unspecified atom stereocenters. The van der Waals surface area contributed by atoms with Crippen LogP contribution in [0.5, 0.6) is 0 Å². The Bertz CT molecular complexity index is 486. The smallest absolute Gasteiger partial charge is 0.103 e. The van der Waals surface area contributed by atoms with Crippen molar-refractivity contribution in [3.8, 4) is 0 Å². The number of rotatable bonds is 7. The van der Waals surface area contributed by atoms with Crippen LogP contribution in [0.4, 0.5) is 0 Å². The molecular formula is C20H32N2. The lowest BCUT2D eigenvalue weighted by Gasteiger charge is -2.10. The minimum absolute atomic E-state index is 0.707. The largest absolute Gasteiger partial charge is 0.347 e. The average molecular weight is 300 g/mol. The van der Waals surface area contributed by atoms with Crippen LogP contribution in [0.25, 0.3) is 0 Å². The van der Waals surface area contributed by atoms with E-state index in [-0.39, 0.29) is 0 Å². The predicted octanol–water partition coefficient (Wildman–Crippen LogP) is 6.09. The summed E-state index contributed by atoms with van der Waals surface area (Å²) in [5, 5.41) is 3.28. The highest BCUT2D eigenvalue weighted by atomic mass is 15.0. The molecule has 0 rings (SSSR count). The van der Waals surface area contributed by atoms with Gasteiger partial charge in [0.15, 0.2) is 0 Å². The Morgan fingerprint density at radius 2 is 1.77 bits per heavy atom. The van der Waals surface area contributed by atoms with Crippen molar-refractivity contribution in [2.24, 2.45) is 4.99 Å². The first-order chi connectivity index (χ1) is 10.4. The first-order valence-electron chi connectivity index (χ1n) is 7.77. The van der Waals surface area contributed by atoms with Gasteiger partial charge in [-0.25, -0.2) is 4.99 Å². The number of hydrogen-bond acceptors (Lipinski definition) is 1. The second kappa shape index (κ2) is 13.9. The number of amidine groups is 1. The quantitative estimate of drug-likeness (QED) is 0.343. The lowest BCUT2D eigenvalue weighted by atomic mass is 10.2. The molecule has 0 aromatic carbocycles. The Balaban J connectivity index is 0. The summed E-state index contributed by atoms with van der Waals surface area (Å²) in [6.45, 7) is 23.5. The standard InChI is InChI=1S/C18H26N2.C2H6/c1-8-11-17(12-9-2)15(6)19-16(7)20-18(10-3)13-14(4)5;1-2/h8-9,11-13H,1,4,6,10H2,2-3,5,7H3,(H,19,20);1-2H3/b12-9-,17-11+,18-13-;. The number of allylic oxidation sites excluding steroid dienone is 7. The number of nitrogens with zero attached hydrogens (tertiary/aromatic N) is 1. The molecule has 1 N–H and O–H groups in total. The van der Waals surface area contributed by atoms with Gasteiger partial charge in [0.2, 0.25) is 0 Å². The van der Waals surface area contributed by atoms with Crippen molar-refractivity contribution in [2.45, 2.75) is 48.0 Å². The maximum absolute atomic E-state index is 4.48. The van der Waals surface area contributed by atoms with E-state index in [2.05, 4.69) is 37.0 Å². The van der Waals surface area contributed by atoms with Crippen molar-refractivity contribution in [2.75, 3.05) is 0 Å². The van der Waals surface area contributed by atoms with Crippen LogP contribution < -0.4 is 5.32 Å². The molecule has 122 valence electrons. The van der Waals surface area contributed by atoms with E-state index < -0.39 is 0 Å². The van der Waals surface area contributed by atoms with E-state index in [0.29, 0.717) is 5.70 Å². The summed E-state index contributed by atoms with van der Waals surface area (Å²) in [6, 6.07) is 0. The molecule has 0 aliphatic rings. The first kappa shape index (κ1) is 22.2. The van der Waals surface area contributed by atoms with Crippen LogP contribution in [0.2, 0.25) is 0 Å². The van der Waals surface area contributed by atoms with Gasteiger partial charge < -0.3 is 5.32 Å². The molecule has 0 amide bonds. The zero-order valence-electron chi connectivity index (χ0n) is 15.2. The van der Waals surface area contributed by atoms with Gasteiger partial charge in [-0.05, 0) is 38.8 Å². The highest BCUT2D eigenvalue weighted by Crippen LogP contribution is 2.12. The summed E-state index contributed by atoms with van der Waals surface area (Å²) >= 11 is 0. The van der Waals surface area contributed by atoms with E-state index in [0.717, 1.165) is 29.1 Å². The van der Waals surface area contributed by atoms with Crippen molar-refractivity contribution in [3.63, 3.8) is 0 Å². The highest BCUT2D eigenvalue weighted by Gasteiger charge is 2.00. The van der Waals surface area contributed by atoms with Crippen LogP contribution in [-0.2, 0) is 0 Å². The summed E-state index contributed by atoms with van der Waals surface area (Å²) in [4.78, 5) is 4.48. The Kier molecular flexibility index (Phi) is 14.0. The third-order valence-electron chi connectivity index (χ3n) is 2.42. The van der Waals surface area contributed by atoms with Crippen molar-refractivity contribution in [3.05, 3.63) is 72.7 Å². The molecule has 0 radical (unpaired) electrons. The van der Waals surface area contributed by atoms with Crippen LogP contribution >= 0.6 is 0 Å². The molecule has 0 heterocycles. The molecule has 0 aliphatic heterocycles. The molecule has 0 spiro atoms. The number of nitrogens with one attached hydrogen (secondary N) is 1. The van der Waals surface area contributed by atoms with Gasteiger partial charge in [-0.15, -0.1) is 0 Å². The predicted molar refractivity (Wildman–Crippen MR) is 103 cm³/mol. The summed E-state index contributed by atoms with van der Waals surface area (Å²) < 4.78 is 0. The summed E-state index contributed by atoms with van der Waals surface area (Å²) in [5.41, 5.74) is 3.76. The Hall–Kier alpha value is -2.09. The Morgan fingerprint density at radius 1 is 1.18 bits per heavy atom. The monoisotopic (exact) mass is 300 g/mol. The summed E-state index contributed by atoms with van der Waals surface area (Å²) in [6.07, 6.45) is 10.5. The van der Waals surface area contributed by atoms with Gasteiger partial charge >= 0.3 is 0 Å². The van der Waals surface area contributed by atoms with Gasteiger partial charge in [0, 0.05) is 5.70 Å². The minimum atomic E-state index is 0.707. The van der Waals surface area contributed by atoms with Crippen LogP contribution in [0.3, 0.4) is 0 Å². The molecule has 0 bridgehead atoms. The fraction of sp³-hybridized carbons (Fsp3) is 0.350. The Labute approximate surface area is 137 Å². The fourth-order valence-corrected chi connectivity index (χ4v) is 1.61. The molecule has 0 atom stereocenters. The van der Waals surface area contributed by atoms with Gasteiger partial charge in [-0.1, -0.05) is 70.4 Å². The van der Waals surface area contributed by atoms with Crippen molar-refractivity contribution < 1.29 is 0 Å². The topological polar surface area (TPSA) is 24.4 Å². The third kappa shape index (κ3) is 10.7. The van der Waals surface area contributed by atoms with Crippen molar-refractivity contribution in [1.29, 1.82) is 0 Å². The van der Waals surface area contributed by atoms with Crippen LogP contribution in [0.15, 0.2) is 77.6 Å². The maximum atomic E-state index is 4.48. The van der Waals surface area contributed by atoms with Gasteiger partial charge in [0.25, 0.3) is 0 Å². The van der Waals surface area contributed by atoms with Crippen molar-refractivity contribution in [1.82, 2.24) is 5.32 Å². The SMILES string of the molecule is C=C/C=C(\C=C/C)C(=C)N=C(C)N/C(=C\C(=C)C)CC.CC. The molecule has 22 heavy (non-hydrogen) atoms. The zero-order chi connectivity index (χ0) is 17.5. The van der Waals surface area contributed by atoms with Crippen LogP contribution in [-0.4, -0.2) is 5.84 Å². The molecule has 0 saturated carbocycles. The molecule has 0 saturated heterocycles. The fourth-order valence-electron chi connectivity index (χ4n) is 1.61. The van der Waals surface area contributed by atoms with Gasteiger partial charge in [0.05, 0.1) is 5.70 Å². The Morgan fingerprint density at radius 3 is 2.18 bits per heavy atom. The molecule has 0 aliphatic carbocycles. The van der Waals surface area contributed by atoms with Crippen LogP contribution in [0, 0.1) is 0 Å². The lowest BCUT2D eigenvalue weighted by Crippen LogP contribution is -2.19. The van der Waals surface area contributed by atoms with E-state index in [1.165, 1.54) is 0 Å². The van der Waals surface area contributed by atoms with E-state index in [9.17, 15) is 0 Å². The maximum Gasteiger partial charge on any atom is 0.103 e. The highest BCUT2D eigenvalue weighted by molar-refractivity contribution is 5.82. The zero-order valence-corrected chi connectivity index (χ0v) is 15.2. The molecule has 0 fully saturated rings. The molecule has 0 aromatic rings. The normalized spacial score (nSPS) is 12.5. The first-order valence-corrected chi connectivity index (χ1v) is 7.77. The summed E-state index contributed by atoms with van der Waals surface area (Å²) in [7, 11) is 0. The van der Waals surface area contributed by atoms with Crippen LogP contribution in [0.1, 0.15) is 48.0 Å². The molecule has 2 nitrogen and oxygen atoms in total. The molecule has 0 aromatic heterocycles. The number of hydrogen-bond donors (Lipinski definition) is 1. The second-order valence-electron chi connectivity index (χ2n) is 4.50. The van der Waals surface area contributed by atoms with Gasteiger partial charge in [-0.2, -0.15) is 0 Å². The third-order valence-corrected chi connectivity index (χ3v) is 2.42. The average Bonchev–Trinajstić information content (AvgIpc) is 2.47. The summed E-state index contributed by atoms with van der Waals surface area (Å²) in [5.74, 6) is 0.809. The van der Waals surface area contributed by atoms with E-state index >= 15 is 0 Å². The second-order valence-corrected chi connectivity index (χ2v) is 4.50. The van der Waals surface area contributed by atoms with E-state index in [4.69, 9.17) is 0 Å². The van der Waals surface area contributed by atoms with Gasteiger partial charge in [0.1, 0.15) is 5.84 Å². The lowest BCUT2D eigenvalue weighted by molar-refractivity contribution is 0.966. The molecular weight excluding hydrogens is 268 g/mol. The van der Waals surface area contributed by atoms with E-state index in [1.807, 2.05) is 58.9 Å². The van der Waals surface area contributed by atoms with E-state index in [1.54, 1.807) is 6.08 Å². The number of aliphatic imine (C=N–C) groups is 1. The molecule has 2 heteroatoms. The van der Waals surface area contributed by atoms with Crippen molar-refractivity contribution >= 4 is 5.84 Å². The van der Waals surface area contributed by atoms with Gasteiger partial charge in [-0.3, -0.25) is 0 Å².